The molecule has 11 heteroatoms. The number of nitrogens with zero attached hydrogens (tertiary/aromatic N) is 5. The van der Waals surface area contributed by atoms with Crippen molar-refractivity contribution in [1.82, 2.24) is 24.2 Å². The van der Waals surface area contributed by atoms with E-state index in [9.17, 15) is 13.2 Å². The van der Waals surface area contributed by atoms with Gasteiger partial charge < -0.3 is 14.2 Å². The minimum Gasteiger partial charge on any atom is -0.475 e. The van der Waals surface area contributed by atoms with Crippen molar-refractivity contribution in [1.29, 1.82) is 0 Å². The lowest BCUT2D eigenvalue weighted by molar-refractivity contribution is -0.192. The Hall–Kier alpha value is -2.66. The molecule has 0 radical (unpaired) electrons. The summed E-state index contributed by atoms with van der Waals surface area (Å²) in [7, 11) is 0. The van der Waals surface area contributed by atoms with Gasteiger partial charge in [0.05, 0.1) is 6.54 Å². The summed E-state index contributed by atoms with van der Waals surface area (Å²) in [6, 6.07) is 8.43. The van der Waals surface area contributed by atoms with Gasteiger partial charge in [-0.1, -0.05) is 6.07 Å². The van der Waals surface area contributed by atoms with Crippen LogP contribution in [-0.2, 0) is 30.8 Å². The Morgan fingerprint density at radius 2 is 1.83 bits per heavy atom. The van der Waals surface area contributed by atoms with Crippen molar-refractivity contribution < 1.29 is 23.1 Å². The number of carboxylic acids is 1. The van der Waals surface area contributed by atoms with Gasteiger partial charge in [-0.3, -0.25) is 4.90 Å². The third-order valence-electron chi connectivity index (χ3n) is 4.39. The molecule has 7 nitrogen and oxygen atoms in total. The first-order valence-electron chi connectivity index (χ1n) is 8.89. The van der Waals surface area contributed by atoms with Crippen LogP contribution in [0.2, 0.25) is 0 Å². The Balaban J connectivity index is 0.000000298. The average Bonchev–Trinajstić information content (AvgIpc) is 3.39. The Labute approximate surface area is 169 Å². The highest BCUT2D eigenvalue weighted by molar-refractivity contribution is 7.09. The first-order chi connectivity index (χ1) is 13.8. The van der Waals surface area contributed by atoms with E-state index in [-0.39, 0.29) is 0 Å². The number of aliphatic carboxylic acids is 1. The monoisotopic (exact) mass is 427 g/mol. The molecule has 0 atom stereocenters. The van der Waals surface area contributed by atoms with Gasteiger partial charge in [0, 0.05) is 49.9 Å². The highest BCUT2D eigenvalue weighted by atomic mass is 32.1. The molecular formula is C18H20F3N5O2S. The minimum atomic E-state index is -5.08. The van der Waals surface area contributed by atoms with Gasteiger partial charge in [0.2, 0.25) is 0 Å². The van der Waals surface area contributed by atoms with E-state index in [1.54, 1.807) is 0 Å². The zero-order chi connectivity index (χ0) is 20.9. The van der Waals surface area contributed by atoms with Crippen LogP contribution in [0.5, 0.6) is 0 Å². The van der Waals surface area contributed by atoms with Crippen LogP contribution < -0.4 is 0 Å². The largest absolute Gasteiger partial charge is 0.490 e. The first-order valence-corrected chi connectivity index (χ1v) is 9.77. The molecule has 1 aliphatic heterocycles. The summed E-state index contributed by atoms with van der Waals surface area (Å²) in [6.45, 7) is 4.93. The van der Waals surface area contributed by atoms with Gasteiger partial charge in [0.25, 0.3) is 0 Å². The lowest BCUT2D eigenvalue weighted by Crippen LogP contribution is -2.26. The maximum Gasteiger partial charge on any atom is 0.490 e. The second-order valence-corrected chi connectivity index (χ2v) is 7.48. The summed E-state index contributed by atoms with van der Waals surface area (Å²) in [6.07, 6.45) is 0.0346. The number of hydrogen-bond acceptors (Lipinski definition) is 5. The Kier molecular flexibility index (Phi) is 6.70. The molecule has 4 heterocycles. The van der Waals surface area contributed by atoms with E-state index < -0.39 is 12.1 Å². The average molecular weight is 427 g/mol. The molecule has 156 valence electrons. The third kappa shape index (κ3) is 5.91. The van der Waals surface area contributed by atoms with Gasteiger partial charge >= 0.3 is 12.1 Å². The molecule has 0 saturated heterocycles. The standard InChI is InChI=1S/C16H19N5S.C2HF3O2/c1-2-7-19(6-1)13-16-18-17-15-5-8-20(9-10-21(15)16)12-14-4-3-11-22-14;3-2(4,5)1(6)7/h1-4,6-7,11H,5,8-10,12-13H2;(H,6,7). The smallest absolute Gasteiger partial charge is 0.475 e. The van der Waals surface area contributed by atoms with Gasteiger partial charge in [-0.2, -0.15) is 13.2 Å². The molecule has 0 amide bonds. The molecule has 0 fully saturated rings. The number of hydrogen-bond donors (Lipinski definition) is 1. The number of carboxylic acid groups (broad SMARTS) is 1. The summed E-state index contributed by atoms with van der Waals surface area (Å²) in [5.74, 6) is -0.576. The SMILES string of the molecule is O=C(O)C(F)(F)F.c1csc(CN2CCc3nnc(Cn4cccc4)n3CC2)c1. The number of halogens is 3. The summed E-state index contributed by atoms with van der Waals surface area (Å²) >= 11 is 1.84. The van der Waals surface area contributed by atoms with Crippen LogP contribution in [0, 0.1) is 0 Å². The Morgan fingerprint density at radius 3 is 2.45 bits per heavy atom. The molecule has 0 aromatic carbocycles. The van der Waals surface area contributed by atoms with Crippen molar-refractivity contribution >= 4 is 17.3 Å². The molecule has 0 spiro atoms. The fourth-order valence-electron chi connectivity index (χ4n) is 2.96. The van der Waals surface area contributed by atoms with E-state index in [4.69, 9.17) is 9.90 Å². The van der Waals surface area contributed by atoms with E-state index in [1.807, 2.05) is 23.5 Å². The molecular weight excluding hydrogens is 407 g/mol. The summed E-state index contributed by atoms with van der Waals surface area (Å²) in [5, 5.41) is 18.1. The molecule has 29 heavy (non-hydrogen) atoms. The van der Waals surface area contributed by atoms with Gasteiger partial charge in [-0.25, -0.2) is 4.79 Å². The number of fused-ring (bicyclic) bond motifs is 1. The molecule has 0 aliphatic carbocycles. The highest BCUT2D eigenvalue weighted by Crippen LogP contribution is 2.16. The first kappa shape index (κ1) is 21.1. The third-order valence-corrected chi connectivity index (χ3v) is 5.25. The molecule has 1 N–H and O–H groups in total. The second kappa shape index (κ2) is 9.23. The van der Waals surface area contributed by atoms with Crippen molar-refractivity contribution in [3.63, 3.8) is 0 Å². The maximum absolute atomic E-state index is 10.6. The van der Waals surface area contributed by atoms with E-state index in [0.717, 1.165) is 50.8 Å². The van der Waals surface area contributed by atoms with Crippen LogP contribution in [-0.4, -0.2) is 54.6 Å². The molecule has 0 unspecified atom stereocenters. The van der Waals surface area contributed by atoms with Crippen LogP contribution in [0.3, 0.4) is 0 Å². The minimum absolute atomic E-state index is 0.797. The van der Waals surface area contributed by atoms with E-state index in [2.05, 4.69) is 54.1 Å². The predicted octanol–water partition coefficient (Wildman–Crippen LogP) is 2.88. The summed E-state index contributed by atoms with van der Waals surface area (Å²) in [4.78, 5) is 12.8. The van der Waals surface area contributed by atoms with Crippen LogP contribution in [0.25, 0.3) is 0 Å². The summed E-state index contributed by atoms with van der Waals surface area (Å²) < 4.78 is 36.2. The highest BCUT2D eigenvalue weighted by Gasteiger charge is 2.38. The molecule has 1 aliphatic rings. The second-order valence-electron chi connectivity index (χ2n) is 6.45. The number of aromatic nitrogens is 4. The van der Waals surface area contributed by atoms with E-state index in [1.165, 1.54) is 4.88 Å². The van der Waals surface area contributed by atoms with Gasteiger partial charge in [-0.15, -0.1) is 21.5 Å². The number of thiophene rings is 1. The van der Waals surface area contributed by atoms with Crippen molar-refractivity contribution in [3.05, 3.63) is 58.6 Å². The number of rotatable bonds is 4. The molecule has 0 saturated carbocycles. The van der Waals surface area contributed by atoms with E-state index in [0.29, 0.717) is 0 Å². The summed E-state index contributed by atoms with van der Waals surface area (Å²) in [5.41, 5.74) is 0. The van der Waals surface area contributed by atoms with Crippen LogP contribution >= 0.6 is 11.3 Å². The predicted molar refractivity (Wildman–Crippen MR) is 101 cm³/mol. The number of carbonyl (C=O) groups is 1. The topological polar surface area (TPSA) is 76.2 Å². The fraction of sp³-hybridized carbons (Fsp3) is 0.389. The van der Waals surface area contributed by atoms with E-state index >= 15 is 0 Å². The Morgan fingerprint density at radius 1 is 1.10 bits per heavy atom. The number of alkyl halides is 3. The van der Waals surface area contributed by atoms with Crippen LogP contribution in [0.1, 0.15) is 16.5 Å². The normalized spacial score (nSPS) is 14.6. The molecule has 3 aromatic heterocycles. The van der Waals surface area contributed by atoms with Gasteiger partial charge in [0.15, 0.2) is 5.82 Å². The van der Waals surface area contributed by atoms with Gasteiger partial charge in [0.1, 0.15) is 5.82 Å². The van der Waals surface area contributed by atoms with Crippen molar-refractivity contribution in [2.75, 3.05) is 13.1 Å². The lowest BCUT2D eigenvalue weighted by atomic mass is 10.3. The van der Waals surface area contributed by atoms with Crippen molar-refractivity contribution in [2.24, 2.45) is 0 Å². The maximum atomic E-state index is 10.6. The Bertz CT molecular complexity index is 907. The van der Waals surface area contributed by atoms with Crippen LogP contribution in [0.4, 0.5) is 13.2 Å². The van der Waals surface area contributed by atoms with Crippen molar-refractivity contribution in [2.45, 2.75) is 32.2 Å². The quantitative estimate of drug-likeness (QED) is 0.693. The molecule has 3 aromatic rings. The van der Waals surface area contributed by atoms with Gasteiger partial charge in [-0.05, 0) is 23.6 Å². The fourth-order valence-corrected chi connectivity index (χ4v) is 3.71. The zero-order valence-corrected chi connectivity index (χ0v) is 16.2. The molecule has 0 bridgehead atoms. The lowest BCUT2D eigenvalue weighted by Gasteiger charge is -2.18. The zero-order valence-electron chi connectivity index (χ0n) is 15.4. The van der Waals surface area contributed by atoms with Crippen molar-refractivity contribution in [3.8, 4) is 0 Å². The van der Waals surface area contributed by atoms with Crippen LogP contribution in [0.15, 0.2) is 42.0 Å². The molecule has 4 rings (SSSR count).